The molecule has 0 saturated carbocycles. The van der Waals surface area contributed by atoms with Gasteiger partial charge in [-0.05, 0) is 18.2 Å². The van der Waals surface area contributed by atoms with Gasteiger partial charge in [-0.15, -0.1) is 0 Å². The van der Waals surface area contributed by atoms with Crippen LogP contribution in [0.25, 0.3) is 61.7 Å². The molecule has 5 aromatic carbocycles. The second-order valence-corrected chi connectivity index (χ2v) is 9.37. The van der Waals surface area contributed by atoms with E-state index in [4.69, 9.17) is 15.0 Å². The highest BCUT2D eigenvalue weighted by molar-refractivity contribution is 6.10. The van der Waals surface area contributed by atoms with E-state index in [1.54, 1.807) is 12.1 Å². The average molecular weight is 520 g/mol. The summed E-state index contributed by atoms with van der Waals surface area (Å²) in [5, 5.41) is 14.0. The van der Waals surface area contributed by atoms with Crippen LogP contribution in [0.4, 0.5) is 5.69 Å². The number of hydrogen-bond donors (Lipinski definition) is 0. The maximum atomic E-state index is 12.0. The van der Waals surface area contributed by atoms with Crippen LogP contribution in [0.3, 0.4) is 0 Å². The van der Waals surface area contributed by atoms with Crippen LogP contribution in [0.15, 0.2) is 127 Å². The smallest absolute Gasteiger partial charge is 0.293 e. The van der Waals surface area contributed by atoms with E-state index in [-0.39, 0.29) is 10.6 Å². The molecule has 7 rings (SSSR count). The van der Waals surface area contributed by atoms with Crippen molar-refractivity contribution in [3.8, 4) is 39.9 Å². The molecule has 0 amide bonds. The molecule has 0 aliphatic rings. The molecule has 0 spiro atoms. The van der Waals surface area contributed by atoms with E-state index in [9.17, 15) is 10.1 Å². The molecule has 0 atom stereocenters. The van der Waals surface area contributed by atoms with Crippen LogP contribution < -0.4 is 0 Å². The molecule has 190 valence electrons. The number of nitro groups is 1. The van der Waals surface area contributed by atoms with Gasteiger partial charge in [0.1, 0.15) is 5.69 Å². The Labute approximate surface area is 229 Å². The molecule has 7 heteroatoms. The van der Waals surface area contributed by atoms with E-state index < -0.39 is 0 Å². The normalized spacial score (nSPS) is 11.2. The maximum Gasteiger partial charge on any atom is 0.293 e. The van der Waals surface area contributed by atoms with Gasteiger partial charge in [-0.25, -0.2) is 15.0 Å². The number of benzene rings is 5. The van der Waals surface area contributed by atoms with Crippen molar-refractivity contribution in [1.82, 2.24) is 19.5 Å². The Hall–Kier alpha value is -5.69. The molecular formula is C33H21N5O2. The molecule has 0 bridgehead atoms. The van der Waals surface area contributed by atoms with E-state index in [2.05, 4.69) is 0 Å². The number of hydrogen-bond acceptors (Lipinski definition) is 5. The zero-order valence-corrected chi connectivity index (χ0v) is 21.2. The minimum absolute atomic E-state index is 0.0356. The number of nitrogens with zero attached hydrogens (tertiary/aromatic N) is 5. The molecule has 0 radical (unpaired) electrons. The van der Waals surface area contributed by atoms with Gasteiger partial charge in [0.05, 0.1) is 16.0 Å². The monoisotopic (exact) mass is 519 g/mol. The summed E-state index contributed by atoms with van der Waals surface area (Å²) in [6.07, 6.45) is 0. The Morgan fingerprint density at radius 2 is 1.05 bits per heavy atom. The van der Waals surface area contributed by atoms with E-state index in [0.717, 1.165) is 38.5 Å². The second-order valence-electron chi connectivity index (χ2n) is 9.37. The standard InChI is InChI=1S/C33H21N5O2/c39-38(40)29-18-10-9-17-28(29)37-27-16-8-7-15-25(27)26-20-19-24(21-30(26)37)33-35-31(22-11-3-1-4-12-22)34-32(36-33)23-13-5-2-6-14-23/h1-21H. The summed E-state index contributed by atoms with van der Waals surface area (Å²) in [4.78, 5) is 26.2. The molecule has 40 heavy (non-hydrogen) atoms. The highest BCUT2D eigenvalue weighted by Gasteiger charge is 2.21. The summed E-state index contributed by atoms with van der Waals surface area (Å²) in [5.41, 5.74) is 4.81. The van der Waals surface area contributed by atoms with Gasteiger partial charge >= 0.3 is 0 Å². The van der Waals surface area contributed by atoms with Crippen LogP contribution in [0.5, 0.6) is 0 Å². The highest BCUT2D eigenvalue weighted by Crippen LogP contribution is 2.37. The first-order valence-electron chi connectivity index (χ1n) is 12.8. The molecule has 2 aromatic heterocycles. The van der Waals surface area contributed by atoms with Crippen molar-refractivity contribution in [2.24, 2.45) is 0 Å². The van der Waals surface area contributed by atoms with Gasteiger partial charge < -0.3 is 4.57 Å². The fourth-order valence-electron chi connectivity index (χ4n) is 5.11. The Balaban J connectivity index is 1.50. The summed E-state index contributed by atoms with van der Waals surface area (Å²) in [6, 6.07) is 40.4. The Bertz CT molecular complexity index is 1980. The zero-order valence-electron chi connectivity index (χ0n) is 21.2. The number of fused-ring (bicyclic) bond motifs is 3. The summed E-state index contributed by atoms with van der Waals surface area (Å²) >= 11 is 0. The first-order chi connectivity index (χ1) is 19.7. The third-order valence-electron chi connectivity index (χ3n) is 6.95. The summed E-state index contributed by atoms with van der Waals surface area (Å²) < 4.78 is 1.95. The van der Waals surface area contributed by atoms with Crippen LogP contribution in [0.2, 0.25) is 0 Å². The third-order valence-corrected chi connectivity index (χ3v) is 6.95. The lowest BCUT2D eigenvalue weighted by atomic mass is 10.1. The van der Waals surface area contributed by atoms with Crippen molar-refractivity contribution in [3.05, 3.63) is 138 Å². The summed E-state index contributed by atoms with van der Waals surface area (Å²) in [7, 11) is 0. The topological polar surface area (TPSA) is 86.7 Å². The molecule has 7 nitrogen and oxygen atoms in total. The lowest BCUT2D eigenvalue weighted by Gasteiger charge is -2.10. The zero-order chi connectivity index (χ0) is 27.1. The predicted octanol–water partition coefficient (Wildman–Crippen LogP) is 7.88. The van der Waals surface area contributed by atoms with Crippen molar-refractivity contribution in [2.75, 3.05) is 0 Å². The number of rotatable bonds is 5. The number of para-hydroxylation sites is 3. The van der Waals surface area contributed by atoms with Crippen molar-refractivity contribution >= 4 is 27.5 Å². The Morgan fingerprint density at radius 3 is 1.70 bits per heavy atom. The van der Waals surface area contributed by atoms with E-state index >= 15 is 0 Å². The van der Waals surface area contributed by atoms with Crippen molar-refractivity contribution < 1.29 is 4.92 Å². The van der Waals surface area contributed by atoms with Crippen LogP contribution in [0, 0.1) is 10.1 Å². The Morgan fingerprint density at radius 1 is 0.525 bits per heavy atom. The molecule has 7 aromatic rings. The second kappa shape index (κ2) is 9.56. The molecular weight excluding hydrogens is 498 g/mol. The van der Waals surface area contributed by atoms with Crippen molar-refractivity contribution in [2.45, 2.75) is 0 Å². The van der Waals surface area contributed by atoms with Crippen molar-refractivity contribution in [3.63, 3.8) is 0 Å². The SMILES string of the molecule is O=[N+]([O-])c1ccccc1-n1c2ccccc2c2ccc(-c3nc(-c4ccccc4)nc(-c4ccccc4)n3)cc21. The molecule has 0 fully saturated rings. The predicted molar refractivity (Wildman–Crippen MR) is 157 cm³/mol. The average Bonchev–Trinajstić information content (AvgIpc) is 3.35. The lowest BCUT2D eigenvalue weighted by molar-refractivity contribution is -0.384. The quantitative estimate of drug-likeness (QED) is 0.171. The van der Waals surface area contributed by atoms with E-state index in [0.29, 0.717) is 23.2 Å². The van der Waals surface area contributed by atoms with Crippen LogP contribution in [-0.2, 0) is 0 Å². The minimum Gasteiger partial charge on any atom is -0.303 e. The van der Waals surface area contributed by atoms with Crippen molar-refractivity contribution in [1.29, 1.82) is 0 Å². The van der Waals surface area contributed by atoms with Gasteiger partial charge in [0.15, 0.2) is 17.5 Å². The molecule has 2 heterocycles. The third kappa shape index (κ3) is 3.97. The lowest BCUT2D eigenvalue weighted by Crippen LogP contribution is -2.01. The number of aromatic nitrogens is 4. The fourth-order valence-corrected chi connectivity index (χ4v) is 5.11. The van der Waals surface area contributed by atoms with Gasteiger partial charge in [0.25, 0.3) is 5.69 Å². The van der Waals surface area contributed by atoms with Gasteiger partial charge in [-0.2, -0.15) is 0 Å². The van der Waals surface area contributed by atoms with Gasteiger partial charge in [0.2, 0.25) is 0 Å². The minimum atomic E-state index is -0.343. The molecule has 0 aliphatic heterocycles. The van der Waals surface area contributed by atoms with Crippen LogP contribution in [0.1, 0.15) is 0 Å². The van der Waals surface area contributed by atoms with E-state index in [1.807, 2.05) is 114 Å². The Kier molecular flexibility index (Phi) is 5.60. The molecule has 0 unspecified atom stereocenters. The summed E-state index contributed by atoms with van der Waals surface area (Å²) in [5.74, 6) is 1.67. The van der Waals surface area contributed by atoms with Crippen LogP contribution >= 0.6 is 0 Å². The van der Waals surface area contributed by atoms with Gasteiger partial charge in [-0.1, -0.05) is 103 Å². The first-order valence-corrected chi connectivity index (χ1v) is 12.8. The maximum absolute atomic E-state index is 12.0. The highest BCUT2D eigenvalue weighted by atomic mass is 16.6. The van der Waals surface area contributed by atoms with Gasteiger partial charge in [0, 0.05) is 33.5 Å². The molecule has 0 aliphatic carbocycles. The summed E-state index contributed by atoms with van der Waals surface area (Å²) in [6.45, 7) is 0. The fraction of sp³-hybridized carbons (Fsp3) is 0. The first kappa shape index (κ1) is 23.4. The number of nitro benzene ring substituents is 1. The van der Waals surface area contributed by atoms with E-state index in [1.165, 1.54) is 6.07 Å². The van der Waals surface area contributed by atoms with Gasteiger partial charge in [-0.3, -0.25) is 10.1 Å². The largest absolute Gasteiger partial charge is 0.303 e. The van der Waals surface area contributed by atoms with Crippen LogP contribution in [-0.4, -0.2) is 24.4 Å². The molecule has 0 N–H and O–H groups in total. The molecule has 0 saturated heterocycles.